The highest BCUT2D eigenvalue weighted by Crippen LogP contribution is 2.35. The van der Waals surface area contributed by atoms with Crippen molar-refractivity contribution in [2.24, 2.45) is 5.92 Å². The Hall–Kier alpha value is -1.88. The molecule has 0 bridgehead atoms. The van der Waals surface area contributed by atoms with E-state index in [1.165, 1.54) is 11.4 Å². The SMILES string of the molecule is COc1ncccc1CN1CCc2[nH]cnc2[C@H]1C(C)C. The molecule has 5 nitrogen and oxygen atoms in total. The Morgan fingerprint density at radius 2 is 2.29 bits per heavy atom. The third-order valence-electron chi connectivity index (χ3n) is 4.12. The van der Waals surface area contributed by atoms with Crippen molar-refractivity contribution in [3.63, 3.8) is 0 Å². The largest absolute Gasteiger partial charge is 0.481 e. The van der Waals surface area contributed by atoms with Crippen LogP contribution in [0.5, 0.6) is 5.88 Å². The molecule has 0 aliphatic carbocycles. The van der Waals surface area contributed by atoms with E-state index in [2.05, 4.69) is 39.8 Å². The van der Waals surface area contributed by atoms with Gasteiger partial charge in [0, 0.05) is 37.0 Å². The first kappa shape index (κ1) is 14.1. The fourth-order valence-electron chi connectivity index (χ4n) is 3.22. The molecular formula is C16H22N4O. The second-order valence-electron chi connectivity index (χ2n) is 5.85. The zero-order valence-electron chi connectivity index (χ0n) is 12.8. The molecule has 0 amide bonds. The summed E-state index contributed by atoms with van der Waals surface area (Å²) in [7, 11) is 1.67. The molecule has 2 aromatic heterocycles. The summed E-state index contributed by atoms with van der Waals surface area (Å²) in [4.78, 5) is 14.6. The van der Waals surface area contributed by atoms with E-state index < -0.39 is 0 Å². The number of hydrogen-bond donors (Lipinski definition) is 1. The quantitative estimate of drug-likeness (QED) is 0.938. The van der Waals surface area contributed by atoms with E-state index in [0.717, 1.165) is 25.1 Å². The number of rotatable bonds is 4. The predicted octanol–water partition coefficient (Wildman–Crippen LogP) is 2.57. The standard InChI is InChI=1S/C16H22N4O/c1-11(2)15-14-13(18-10-19-14)6-8-20(15)9-12-5-4-7-17-16(12)21-3/h4-5,7,10-11,15H,6,8-9H2,1-3H3,(H,18,19)/t15-/m1/s1. The van der Waals surface area contributed by atoms with Crippen molar-refractivity contribution < 1.29 is 4.74 Å². The summed E-state index contributed by atoms with van der Waals surface area (Å²) in [6.07, 6.45) is 4.60. The zero-order valence-corrected chi connectivity index (χ0v) is 12.8. The Balaban J connectivity index is 1.88. The molecule has 21 heavy (non-hydrogen) atoms. The molecule has 0 saturated heterocycles. The van der Waals surface area contributed by atoms with E-state index >= 15 is 0 Å². The van der Waals surface area contributed by atoms with Gasteiger partial charge in [0.15, 0.2) is 0 Å². The fourth-order valence-corrected chi connectivity index (χ4v) is 3.22. The van der Waals surface area contributed by atoms with E-state index in [0.29, 0.717) is 17.8 Å². The lowest BCUT2D eigenvalue weighted by molar-refractivity contribution is 0.130. The summed E-state index contributed by atoms with van der Waals surface area (Å²) in [5.74, 6) is 1.22. The average molecular weight is 286 g/mol. The summed E-state index contributed by atoms with van der Waals surface area (Å²) in [5.41, 5.74) is 3.60. The molecule has 3 heterocycles. The molecule has 112 valence electrons. The number of imidazole rings is 1. The maximum absolute atomic E-state index is 5.38. The van der Waals surface area contributed by atoms with Crippen LogP contribution in [0.25, 0.3) is 0 Å². The van der Waals surface area contributed by atoms with Gasteiger partial charge < -0.3 is 9.72 Å². The molecule has 3 rings (SSSR count). The number of aromatic amines is 1. The third-order valence-corrected chi connectivity index (χ3v) is 4.12. The lowest BCUT2D eigenvalue weighted by Crippen LogP contribution is -2.37. The molecule has 0 fully saturated rings. The minimum atomic E-state index is 0.338. The van der Waals surface area contributed by atoms with Crippen molar-refractivity contribution in [1.29, 1.82) is 0 Å². The van der Waals surface area contributed by atoms with Crippen molar-refractivity contribution in [2.75, 3.05) is 13.7 Å². The molecule has 2 aromatic rings. The van der Waals surface area contributed by atoms with Crippen molar-refractivity contribution in [2.45, 2.75) is 32.9 Å². The first-order valence-electron chi connectivity index (χ1n) is 7.44. The van der Waals surface area contributed by atoms with E-state index in [4.69, 9.17) is 4.74 Å². The third kappa shape index (κ3) is 2.65. The summed E-state index contributed by atoms with van der Waals surface area (Å²) in [6, 6.07) is 4.39. The van der Waals surface area contributed by atoms with Crippen LogP contribution in [0, 0.1) is 5.92 Å². The Morgan fingerprint density at radius 3 is 3.05 bits per heavy atom. The number of nitrogens with one attached hydrogen (secondary N) is 1. The van der Waals surface area contributed by atoms with Crippen molar-refractivity contribution in [3.05, 3.63) is 41.6 Å². The molecule has 0 unspecified atom stereocenters. The first-order chi connectivity index (χ1) is 10.2. The molecule has 1 atom stereocenters. The molecule has 1 N–H and O–H groups in total. The number of methoxy groups -OCH3 is 1. The molecular weight excluding hydrogens is 264 g/mol. The number of ether oxygens (including phenoxy) is 1. The van der Waals surface area contributed by atoms with Gasteiger partial charge >= 0.3 is 0 Å². The molecule has 5 heteroatoms. The van der Waals surface area contributed by atoms with E-state index in [1.807, 2.05) is 12.4 Å². The van der Waals surface area contributed by atoms with Gasteiger partial charge in [-0.2, -0.15) is 0 Å². The molecule has 1 aliphatic heterocycles. The van der Waals surface area contributed by atoms with Crippen molar-refractivity contribution in [1.82, 2.24) is 19.9 Å². The minimum Gasteiger partial charge on any atom is -0.481 e. The van der Waals surface area contributed by atoms with Crippen LogP contribution in [0.2, 0.25) is 0 Å². The highest BCUT2D eigenvalue weighted by Gasteiger charge is 2.32. The van der Waals surface area contributed by atoms with Crippen LogP contribution < -0.4 is 4.74 Å². The molecule has 1 aliphatic rings. The lowest BCUT2D eigenvalue weighted by atomic mass is 9.93. The van der Waals surface area contributed by atoms with Crippen LogP contribution in [0.3, 0.4) is 0 Å². The van der Waals surface area contributed by atoms with Crippen molar-refractivity contribution >= 4 is 0 Å². The number of fused-ring (bicyclic) bond motifs is 1. The number of pyridine rings is 1. The Kier molecular flexibility index (Phi) is 3.92. The van der Waals surface area contributed by atoms with Crippen LogP contribution in [-0.4, -0.2) is 33.5 Å². The van der Waals surface area contributed by atoms with Gasteiger partial charge in [-0.15, -0.1) is 0 Å². The normalized spacial score (nSPS) is 18.8. The average Bonchev–Trinajstić information content (AvgIpc) is 2.95. The predicted molar refractivity (Wildman–Crippen MR) is 81.1 cm³/mol. The smallest absolute Gasteiger partial charge is 0.217 e. The zero-order chi connectivity index (χ0) is 14.8. The summed E-state index contributed by atoms with van der Waals surface area (Å²) in [5, 5.41) is 0. The van der Waals surface area contributed by atoms with Gasteiger partial charge in [-0.25, -0.2) is 9.97 Å². The van der Waals surface area contributed by atoms with Gasteiger partial charge in [-0.05, 0) is 12.0 Å². The van der Waals surface area contributed by atoms with Gasteiger partial charge in [-0.3, -0.25) is 4.90 Å². The first-order valence-corrected chi connectivity index (χ1v) is 7.44. The van der Waals surface area contributed by atoms with Gasteiger partial charge in [0.05, 0.1) is 25.2 Å². The molecule has 0 saturated carbocycles. The Labute approximate surface area is 125 Å². The Bertz CT molecular complexity index is 608. The van der Waals surface area contributed by atoms with Gasteiger partial charge in [0.1, 0.15) is 0 Å². The van der Waals surface area contributed by atoms with Crippen molar-refractivity contribution in [3.8, 4) is 5.88 Å². The minimum absolute atomic E-state index is 0.338. The van der Waals surface area contributed by atoms with Crippen LogP contribution >= 0.6 is 0 Å². The van der Waals surface area contributed by atoms with Gasteiger partial charge in [0.25, 0.3) is 0 Å². The number of H-pyrrole nitrogens is 1. The number of nitrogens with zero attached hydrogens (tertiary/aromatic N) is 3. The molecule has 0 spiro atoms. The number of aromatic nitrogens is 3. The topological polar surface area (TPSA) is 54.0 Å². The van der Waals surface area contributed by atoms with Crippen LogP contribution in [0.15, 0.2) is 24.7 Å². The molecule has 0 radical (unpaired) electrons. The highest BCUT2D eigenvalue weighted by molar-refractivity contribution is 5.27. The maximum Gasteiger partial charge on any atom is 0.217 e. The van der Waals surface area contributed by atoms with E-state index in [9.17, 15) is 0 Å². The van der Waals surface area contributed by atoms with E-state index in [1.54, 1.807) is 13.3 Å². The van der Waals surface area contributed by atoms with E-state index in [-0.39, 0.29) is 0 Å². The summed E-state index contributed by atoms with van der Waals surface area (Å²) < 4.78 is 5.38. The monoisotopic (exact) mass is 286 g/mol. The Morgan fingerprint density at radius 1 is 1.43 bits per heavy atom. The van der Waals surface area contributed by atoms with Gasteiger partial charge in [-0.1, -0.05) is 19.9 Å². The second-order valence-corrected chi connectivity index (χ2v) is 5.85. The fraction of sp³-hybridized carbons (Fsp3) is 0.500. The summed E-state index contributed by atoms with van der Waals surface area (Å²) in [6.45, 7) is 6.37. The lowest BCUT2D eigenvalue weighted by Gasteiger charge is -2.37. The van der Waals surface area contributed by atoms with Crippen LogP contribution in [0.1, 0.15) is 36.8 Å². The van der Waals surface area contributed by atoms with Gasteiger partial charge in [0.2, 0.25) is 5.88 Å². The summed E-state index contributed by atoms with van der Waals surface area (Å²) >= 11 is 0. The van der Waals surface area contributed by atoms with Crippen LogP contribution in [0.4, 0.5) is 0 Å². The maximum atomic E-state index is 5.38. The molecule has 0 aromatic carbocycles. The second kappa shape index (κ2) is 5.85. The van der Waals surface area contributed by atoms with Crippen LogP contribution in [-0.2, 0) is 13.0 Å². The number of hydrogen-bond acceptors (Lipinski definition) is 4. The highest BCUT2D eigenvalue weighted by atomic mass is 16.5.